The van der Waals surface area contributed by atoms with Crippen LogP contribution in [0, 0.1) is 5.92 Å². The molecule has 2 amide bonds. The predicted molar refractivity (Wildman–Crippen MR) is 96.2 cm³/mol. The molecule has 1 rings (SSSR count). The maximum absolute atomic E-state index is 12.4. The van der Waals surface area contributed by atoms with Crippen molar-refractivity contribution in [3.05, 3.63) is 29.8 Å². The van der Waals surface area contributed by atoms with E-state index in [2.05, 4.69) is 17.6 Å². The topological polar surface area (TPSA) is 67.4 Å². The average molecular weight is 334 g/mol. The van der Waals surface area contributed by atoms with Crippen LogP contribution in [0.5, 0.6) is 5.75 Å². The van der Waals surface area contributed by atoms with Crippen LogP contribution in [-0.4, -0.2) is 31.0 Å². The maximum Gasteiger partial charge on any atom is 0.251 e. The molecule has 24 heavy (non-hydrogen) atoms. The van der Waals surface area contributed by atoms with Gasteiger partial charge in [0.1, 0.15) is 11.8 Å². The molecule has 1 aromatic rings. The Morgan fingerprint density at radius 3 is 2.29 bits per heavy atom. The van der Waals surface area contributed by atoms with E-state index < -0.39 is 6.04 Å². The third-order valence-corrected chi connectivity index (χ3v) is 3.74. The van der Waals surface area contributed by atoms with E-state index in [4.69, 9.17) is 4.74 Å². The van der Waals surface area contributed by atoms with Crippen LogP contribution in [0.2, 0.25) is 0 Å². The Morgan fingerprint density at radius 1 is 1.08 bits per heavy atom. The Hall–Kier alpha value is -2.04. The van der Waals surface area contributed by atoms with Gasteiger partial charge in [-0.15, -0.1) is 0 Å². The minimum absolute atomic E-state index is 0.0165. The van der Waals surface area contributed by atoms with Crippen molar-refractivity contribution >= 4 is 11.8 Å². The summed E-state index contributed by atoms with van der Waals surface area (Å²) in [7, 11) is 0. The maximum atomic E-state index is 12.4. The quantitative estimate of drug-likeness (QED) is 0.646. The van der Waals surface area contributed by atoms with Crippen LogP contribution in [0.15, 0.2) is 24.3 Å². The Bertz CT molecular complexity index is 512. The summed E-state index contributed by atoms with van der Waals surface area (Å²) >= 11 is 0. The van der Waals surface area contributed by atoms with Gasteiger partial charge in [-0.25, -0.2) is 0 Å². The van der Waals surface area contributed by atoms with Gasteiger partial charge in [0.25, 0.3) is 5.91 Å². The lowest BCUT2D eigenvalue weighted by Gasteiger charge is -2.22. The lowest BCUT2D eigenvalue weighted by molar-refractivity contribution is -0.123. The van der Waals surface area contributed by atoms with Crippen LogP contribution in [0.25, 0.3) is 0 Å². The zero-order valence-electron chi connectivity index (χ0n) is 15.2. The van der Waals surface area contributed by atoms with Crippen molar-refractivity contribution in [2.45, 2.75) is 53.0 Å². The first kappa shape index (κ1) is 20.0. The summed E-state index contributed by atoms with van der Waals surface area (Å²) in [5.74, 6) is 0.367. The lowest BCUT2D eigenvalue weighted by Crippen LogP contribution is -2.49. The number of carbonyl (C=O) groups excluding carboxylic acids is 2. The fourth-order valence-electron chi connectivity index (χ4n) is 2.33. The Morgan fingerprint density at radius 2 is 1.75 bits per heavy atom. The molecular weight excluding hydrogens is 304 g/mol. The van der Waals surface area contributed by atoms with E-state index in [0.717, 1.165) is 25.0 Å². The van der Waals surface area contributed by atoms with E-state index in [9.17, 15) is 9.59 Å². The lowest BCUT2D eigenvalue weighted by atomic mass is 10.0. The zero-order chi connectivity index (χ0) is 17.9. The van der Waals surface area contributed by atoms with Crippen molar-refractivity contribution in [2.75, 3.05) is 13.2 Å². The van der Waals surface area contributed by atoms with Crippen molar-refractivity contribution < 1.29 is 14.3 Å². The van der Waals surface area contributed by atoms with Gasteiger partial charge in [0.2, 0.25) is 5.91 Å². The molecule has 0 saturated heterocycles. The number of rotatable bonds is 10. The molecule has 0 unspecified atom stereocenters. The molecule has 0 radical (unpaired) electrons. The summed E-state index contributed by atoms with van der Waals surface area (Å²) in [6.45, 7) is 9.11. The monoisotopic (exact) mass is 334 g/mol. The second-order valence-electron chi connectivity index (χ2n) is 6.15. The van der Waals surface area contributed by atoms with Crippen molar-refractivity contribution in [3.8, 4) is 5.75 Å². The summed E-state index contributed by atoms with van der Waals surface area (Å²) in [5, 5.41) is 5.74. The highest BCUT2D eigenvalue weighted by atomic mass is 16.5. The molecule has 0 spiro atoms. The second kappa shape index (κ2) is 10.7. The summed E-state index contributed by atoms with van der Waals surface area (Å²) in [4.78, 5) is 24.7. The van der Waals surface area contributed by atoms with Gasteiger partial charge in [-0.3, -0.25) is 9.59 Å². The summed E-state index contributed by atoms with van der Waals surface area (Å²) in [6, 6.07) is 6.39. The van der Waals surface area contributed by atoms with E-state index in [1.54, 1.807) is 24.3 Å². The first-order valence-corrected chi connectivity index (χ1v) is 8.81. The number of hydrogen-bond donors (Lipinski definition) is 2. The van der Waals surface area contributed by atoms with Gasteiger partial charge in [-0.2, -0.15) is 0 Å². The van der Waals surface area contributed by atoms with Crippen LogP contribution < -0.4 is 15.4 Å². The van der Waals surface area contributed by atoms with Gasteiger partial charge in [-0.1, -0.05) is 33.6 Å². The molecule has 2 N–H and O–H groups in total. The van der Waals surface area contributed by atoms with Crippen LogP contribution in [0.4, 0.5) is 0 Å². The minimum atomic E-state index is -0.536. The number of nitrogens with one attached hydrogen (secondary N) is 2. The molecule has 0 aliphatic heterocycles. The highest BCUT2D eigenvalue weighted by Crippen LogP contribution is 2.13. The molecule has 0 bridgehead atoms. The van der Waals surface area contributed by atoms with E-state index in [1.807, 2.05) is 20.8 Å². The van der Waals surface area contributed by atoms with Crippen molar-refractivity contribution in [3.63, 3.8) is 0 Å². The number of carbonyl (C=O) groups is 2. The van der Waals surface area contributed by atoms with Crippen molar-refractivity contribution in [2.24, 2.45) is 5.92 Å². The Kier molecular flexibility index (Phi) is 8.90. The molecule has 1 atom stereocenters. The van der Waals surface area contributed by atoms with Gasteiger partial charge in [0.15, 0.2) is 0 Å². The van der Waals surface area contributed by atoms with E-state index >= 15 is 0 Å². The molecule has 1 aromatic carbocycles. The number of benzene rings is 1. The van der Waals surface area contributed by atoms with Gasteiger partial charge < -0.3 is 15.4 Å². The standard InChI is InChI=1S/C19H30N2O3/c1-5-7-8-13-20-19(23)17(14(3)4)21-18(22)15-9-11-16(12-10-15)24-6-2/h9-12,14,17H,5-8,13H2,1-4H3,(H,20,23)(H,21,22)/t17-/m1/s1. The fraction of sp³-hybridized carbons (Fsp3) is 0.579. The van der Waals surface area contributed by atoms with Crippen LogP contribution in [-0.2, 0) is 4.79 Å². The van der Waals surface area contributed by atoms with Gasteiger partial charge in [0.05, 0.1) is 6.61 Å². The third-order valence-electron chi connectivity index (χ3n) is 3.74. The van der Waals surface area contributed by atoms with Crippen LogP contribution in [0.3, 0.4) is 0 Å². The van der Waals surface area contributed by atoms with Crippen molar-refractivity contribution in [1.82, 2.24) is 10.6 Å². The van der Waals surface area contributed by atoms with Gasteiger partial charge in [-0.05, 0) is 43.5 Å². The van der Waals surface area contributed by atoms with E-state index in [0.29, 0.717) is 18.7 Å². The molecule has 5 heteroatoms. The van der Waals surface area contributed by atoms with Gasteiger partial charge in [0, 0.05) is 12.1 Å². The van der Waals surface area contributed by atoms with Crippen LogP contribution in [0.1, 0.15) is 57.3 Å². The number of unbranched alkanes of at least 4 members (excludes halogenated alkanes) is 2. The molecule has 0 aliphatic rings. The molecule has 0 aliphatic carbocycles. The highest BCUT2D eigenvalue weighted by molar-refractivity contribution is 5.97. The SMILES string of the molecule is CCCCCNC(=O)[C@H](NC(=O)c1ccc(OCC)cc1)C(C)C. The molecule has 0 aromatic heterocycles. The summed E-state index contributed by atoms with van der Waals surface area (Å²) in [6.07, 6.45) is 3.16. The average Bonchev–Trinajstić information content (AvgIpc) is 2.57. The van der Waals surface area contributed by atoms with E-state index in [-0.39, 0.29) is 17.7 Å². The number of ether oxygens (including phenoxy) is 1. The van der Waals surface area contributed by atoms with Crippen LogP contribution >= 0.6 is 0 Å². The molecule has 134 valence electrons. The third kappa shape index (κ3) is 6.60. The van der Waals surface area contributed by atoms with Gasteiger partial charge >= 0.3 is 0 Å². The zero-order valence-corrected chi connectivity index (χ0v) is 15.2. The molecule has 5 nitrogen and oxygen atoms in total. The summed E-state index contributed by atoms with van der Waals surface area (Å²) in [5.41, 5.74) is 0.517. The first-order chi connectivity index (χ1) is 11.5. The normalized spacial score (nSPS) is 11.9. The number of amides is 2. The Labute approximate surface area is 145 Å². The summed E-state index contributed by atoms with van der Waals surface area (Å²) < 4.78 is 5.37. The minimum Gasteiger partial charge on any atom is -0.494 e. The molecule has 0 heterocycles. The van der Waals surface area contributed by atoms with E-state index in [1.165, 1.54) is 0 Å². The second-order valence-corrected chi connectivity index (χ2v) is 6.15. The Balaban J connectivity index is 2.63. The predicted octanol–water partition coefficient (Wildman–Crippen LogP) is 3.15. The first-order valence-electron chi connectivity index (χ1n) is 8.81. The smallest absolute Gasteiger partial charge is 0.251 e. The highest BCUT2D eigenvalue weighted by Gasteiger charge is 2.24. The molecule has 0 saturated carbocycles. The molecule has 0 fully saturated rings. The fourth-order valence-corrected chi connectivity index (χ4v) is 2.33. The molecular formula is C19H30N2O3. The largest absolute Gasteiger partial charge is 0.494 e. The number of hydrogen-bond acceptors (Lipinski definition) is 3. The van der Waals surface area contributed by atoms with Crippen molar-refractivity contribution in [1.29, 1.82) is 0 Å².